The predicted molar refractivity (Wildman–Crippen MR) is 159 cm³/mol. The third kappa shape index (κ3) is 6.11. The fourth-order valence-corrected chi connectivity index (χ4v) is 5.26. The quantitative estimate of drug-likeness (QED) is 0.198. The minimum Gasteiger partial charge on any atom is -0.495 e. The number of carbonyl (C=O) groups is 1. The first-order valence-electron chi connectivity index (χ1n) is 13.0. The fraction of sp³-hybridized carbons (Fsp3) is 0.233. The number of nitrogens with one attached hydrogen (secondary N) is 2. The second-order valence-electron chi connectivity index (χ2n) is 9.22. The molecule has 10 heteroatoms. The van der Waals surface area contributed by atoms with Crippen LogP contribution in [0.3, 0.4) is 0 Å². The smallest absolute Gasteiger partial charge is 0.255 e. The van der Waals surface area contributed by atoms with Gasteiger partial charge in [0.2, 0.25) is 11.1 Å². The number of methoxy groups -OCH3 is 1. The molecule has 3 aromatic carbocycles. The maximum Gasteiger partial charge on any atom is 0.255 e. The molecule has 1 unspecified atom stereocenters. The number of anilines is 2. The number of hydrogen-bond donors (Lipinski definition) is 2. The molecule has 0 bridgehead atoms. The van der Waals surface area contributed by atoms with Gasteiger partial charge in [-0.2, -0.15) is 4.98 Å². The Kier molecular flexibility index (Phi) is 8.62. The zero-order chi connectivity index (χ0) is 28.1. The number of fused-ring (bicyclic) bond motifs is 1. The molecule has 2 heterocycles. The van der Waals surface area contributed by atoms with Crippen LogP contribution in [0.2, 0.25) is 5.02 Å². The number of carbonyl (C=O) groups excluding carboxylic acids is 1. The lowest BCUT2D eigenvalue weighted by Crippen LogP contribution is -2.31. The van der Waals surface area contributed by atoms with E-state index >= 15 is 0 Å². The van der Waals surface area contributed by atoms with Crippen LogP contribution in [0.15, 0.2) is 89.2 Å². The maximum absolute atomic E-state index is 13.9. The Bertz CT molecular complexity index is 1540. The van der Waals surface area contributed by atoms with E-state index in [1.54, 1.807) is 23.6 Å². The monoisotopic (exact) mass is 575 g/mol. The van der Waals surface area contributed by atoms with Gasteiger partial charge in [-0.3, -0.25) is 4.79 Å². The molecule has 0 saturated carbocycles. The first-order chi connectivity index (χ1) is 19.5. The summed E-state index contributed by atoms with van der Waals surface area (Å²) < 4.78 is 13.3. The van der Waals surface area contributed by atoms with Crippen LogP contribution in [0.1, 0.15) is 37.4 Å². The number of thioether (sulfide) groups is 1. The molecule has 0 spiro atoms. The van der Waals surface area contributed by atoms with Gasteiger partial charge in [0.05, 0.1) is 18.4 Å². The predicted octanol–water partition coefficient (Wildman–Crippen LogP) is 6.95. The zero-order valence-corrected chi connectivity index (χ0v) is 24.1. The van der Waals surface area contributed by atoms with Crippen LogP contribution in [0.5, 0.6) is 11.5 Å². The first kappa shape index (κ1) is 27.6. The zero-order valence-electron chi connectivity index (χ0n) is 22.5. The van der Waals surface area contributed by atoms with E-state index in [2.05, 4.69) is 17.6 Å². The maximum atomic E-state index is 13.9. The van der Waals surface area contributed by atoms with E-state index in [4.69, 9.17) is 31.2 Å². The van der Waals surface area contributed by atoms with E-state index in [1.807, 2.05) is 79.7 Å². The van der Waals surface area contributed by atoms with Gasteiger partial charge in [-0.05, 0) is 60.9 Å². The van der Waals surface area contributed by atoms with Crippen LogP contribution >= 0.6 is 23.4 Å². The number of amides is 1. The van der Waals surface area contributed by atoms with Crippen LogP contribution in [0, 0.1) is 0 Å². The molecule has 40 heavy (non-hydrogen) atoms. The van der Waals surface area contributed by atoms with Crippen molar-refractivity contribution in [3.8, 4) is 11.5 Å². The summed E-state index contributed by atoms with van der Waals surface area (Å²) in [6, 6.07) is 22.1. The average Bonchev–Trinajstić information content (AvgIpc) is 3.37. The van der Waals surface area contributed by atoms with E-state index in [1.165, 1.54) is 0 Å². The van der Waals surface area contributed by atoms with E-state index in [-0.39, 0.29) is 5.91 Å². The van der Waals surface area contributed by atoms with Crippen molar-refractivity contribution in [2.75, 3.05) is 23.5 Å². The van der Waals surface area contributed by atoms with Crippen molar-refractivity contribution >= 4 is 40.9 Å². The van der Waals surface area contributed by atoms with Gasteiger partial charge in [0.1, 0.15) is 24.1 Å². The van der Waals surface area contributed by atoms with Crippen molar-refractivity contribution in [2.24, 2.45) is 0 Å². The summed E-state index contributed by atoms with van der Waals surface area (Å²) >= 11 is 7.61. The molecule has 0 aliphatic carbocycles. The van der Waals surface area contributed by atoms with Gasteiger partial charge >= 0.3 is 0 Å². The minimum atomic E-state index is -0.534. The molecule has 1 amide bonds. The molecule has 8 nitrogen and oxygen atoms in total. The lowest BCUT2D eigenvalue weighted by atomic mass is 9.94. The van der Waals surface area contributed by atoms with Crippen LogP contribution < -0.4 is 20.1 Å². The average molecular weight is 576 g/mol. The Labute approximate surface area is 242 Å². The largest absolute Gasteiger partial charge is 0.495 e. The lowest BCUT2D eigenvalue weighted by molar-refractivity contribution is -0.113. The van der Waals surface area contributed by atoms with Crippen LogP contribution in [-0.4, -0.2) is 33.5 Å². The second-order valence-corrected chi connectivity index (χ2v) is 10.7. The van der Waals surface area contributed by atoms with E-state index in [0.717, 1.165) is 23.3 Å². The Balaban J connectivity index is 1.50. The van der Waals surface area contributed by atoms with Gasteiger partial charge in [0, 0.05) is 16.5 Å². The highest BCUT2D eigenvalue weighted by Crippen LogP contribution is 2.38. The molecule has 2 N–H and O–H groups in total. The number of nitrogens with zero attached hydrogens (tertiary/aromatic N) is 3. The number of rotatable bonds is 10. The van der Waals surface area contributed by atoms with Crippen LogP contribution in [0.25, 0.3) is 0 Å². The molecular weight excluding hydrogens is 546 g/mol. The normalized spacial score (nSPS) is 14.3. The third-order valence-corrected chi connectivity index (χ3v) is 7.66. The van der Waals surface area contributed by atoms with E-state index in [0.29, 0.717) is 51.2 Å². The standard InChI is InChI=1S/C30H30ClN5O3S/c1-4-16-40-30-34-29-32-19(2)26(28(37)33-24-10-5-6-11-25(24)38-3)27(36(29)35-30)21-8-7-9-23(17-21)39-18-20-12-14-22(31)15-13-20/h5-15,17,27H,4,16,18H2,1-3H3,(H,33,37)(H,32,34,35). The van der Waals surface area contributed by atoms with Crippen molar-refractivity contribution in [1.29, 1.82) is 0 Å². The Hall–Kier alpha value is -3.95. The summed E-state index contributed by atoms with van der Waals surface area (Å²) in [6.07, 6.45) is 1.00. The van der Waals surface area contributed by atoms with E-state index in [9.17, 15) is 4.79 Å². The molecule has 206 valence electrons. The van der Waals surface area contributed by atoms with Crippen molar-refractivity contribution in [2.45, 2.75) is 38.1 Å². The van der Waals surface area contributed by atoms with Crippen molar-refractivity contribution in [3.63, 3.8) is 0 Å². The van der Waals surface area contributed by atoms with Crippen molar-refractivity contribution < 1.29 is 14.3 Å². The van der Waals surface area contributed by atoms with Gasteiger partial charge in [-0.15, -0.1) is 5.10 Å². The summed E-state index contributed by atoms with van der Waals surface area (Å²) in [5.74, 6) is 2.47. The number of benzene rings is 3. The Morgan fingerprint density at radius 3 is 2.70 bits per heavy atom. The van der Waals surface area contributed by atoms with Gasteiger partial charge in [-0.25, -0.2) is 4.68 Å². The summed E-state index contributed by atoms with van der Waals surface area (Å²) in [7, 11) is 1.58. The topological polar surface area (TPSA) is 90.3 Å². The van der Waals surface area contributed by atoms with Gasteiger partial charge in [0.15, 0.2) is 0 Å². The SMILES string of the molecule is CCCSc1nc2n(n1)C(c1cccc(OCc3ccc(Cl)cc3)c1)C(C(=O)Nc1ccccc1OC)=C(C)N2. The second kappa shape index (κ2) is 12.5. The highest BCUT2D eigenvalue weighted by atomic mass is 35.5. The number of hydrogen-bond acceptors (Lipinski definition) is 7. The lowest BCUT2D eigenvalue weighted by Gasteiger charge is -2.29. The Morgan fingerprint density at radius 2 is 1.93 bits per heavy atom. The molecule has 1 atom stereocenters. The first-order valence-corrected chi connectivity index (χ1v) is 14.3. The van der Waals surface area contributed by atoms with Gasteiger partial charge in [-0.1, -0.05) is 66.7 Å². The summed E-state index contributed by atoms with van der Waals surface area (Å²) in [4.78, 5) is 18.6. The molecule has 0 radical (unpaired) electrons. The highest BCUT2D eigenvalue weighted by Gasteiger charge is 2.35. The fourth-order valence-electron chi connectivity index (χ4n) is 4.45. The number of ether oxygens (including phenoxy) is 2. The molecule has 0 saturated heterocycles. The van der Waals surface area contributed by atoms with Crippen LogP contribution in [0.4, 0.5) is 11.6 Å². The molecular formula is C30H30ClN5O3S. The summed E-state index contributed by atoms with van der Waals surface area (Å²) in [6.45, 7) is 4.38. The molecule has 1 aliphatic heterocycles. The molecule has 5 rings (SSSR count). The molecule has 0 fully saturated rings. The molecule has 4 aromatic rings. The van der Waals surface area contributed by atoms with E-state index < -0.39 is 6.04 Å². The number of para-hydroxylation sites is 2. The number of halogens is 1. The van der Waals surface area contributed by atoms with Gasteiger partial charge < -0.3 is 20.1 Å². The van der Waals surface area contributed by atoms with Crippen molar-refractivity contribution in [3.05, 3.63) is 100 Å². The number of aromatic nitrogens is 3. The Morgan fingerprint density at radius 1 is 1.12 bits per heavy atom. The summed E-state index contributed by atoms with van der Waals surface area (Å²) in [5, 5.41) is 12.5. The number of allylic oxidation sites excluding steroid dienone is 1. The summed E-state index contributed by atoms with van der Waals surface area (Å²) in [5.41, 5.74) is 3.64. The third-order valence-electron chi connectivity index (χ3n) is 6.36. The van der Waals surface area contributed by atoms with Crippen LogP contribution in [-0.2, 0) is 11.4 Å². The highest BCUT2D eigenvalue weighted by molar-refractivity contribution is 7.99. The molecule has 1 aromatic heterocycles. The van der Waals surface area contributed by atoms with Crippen molar-refractivity contribution in [1.82, 2.24) is 14.8 Å². The minimum absolute atomic E-state index is 0.268. The molecule has 1 aliphatic rings. The van der Waals surface area contributed by atoms with Gasteiger partial charge in [0.25, 0.3) is 5.91 Å².